The van der Waals surface area contributed by atoms with Crippen LogP contribution in [0.2, 0.25) is 0 Å². The summed E-state index contributed by atoms with van der Waals surface area (Å²) in [6.07, 6.45) is 4.51. The molecule has 0 saturated carbocycles. The molecule has 0 aliphatic carbocycles. The van der Waals surface area contributed by atoms with Gasteiger partial charge in [-0.25, -0.2) is 4.68 Å². The topological polar surface area (TPSA) is 95.5 Å². The first-order valence-corrected chi connectivity index (χ1v) is 10.3. The van der Waals surface area contributed by atoms with Crippen molar-refractivity contribution in [2.75, 3.05) is 33.2 Å². The van der Waals surface area contributed by atoms with E-state index in [1.165, 1.54) is 29.3 Å². The van der Waals surface area contributed by atoms with Gasteiger partial charge in [0.2, 0.25) is 11.1 Å². The van der Waals surface area contributed by atoms with Gasteiger partial charge in [0.25, 0.3) is 0 Å². The van der Waals surface area contributed by atoms with Crippen LogP contribution >= 0.6 is 11.8 Å². The number of hydrogen-bond acceptors (Lipinski definition) is 7. The van der Waals surface area contributed by atoms with E-state index in [4.69, 9.17) is 15.3 Å². The normalized spacial score (nSPS) is 15.8. The van der Waals surface area contributed by atoms with E-state index in [0.29, 0.717) is 28.0 Å². The number of methoxy groups -OCH3 is 2. The van der Waals surface area contributed by atoms with Crippen molar-refractivity contribution in [2.45, 2.75) is 43.0 Å². The fourth-order valence-electron chi connectivity index (χ4n) is 3.28. The number of nitrogens with two attached hydrogens (primary N) is 1. The van der Waals surface area contributed by atoms with E-state index >= 15 is 0 Å². The van der Waals surface area contributed by atoms with Crippen LogP contribution in [0.15, 0.2) is 23.4 Å². The number of amides is 1. The van der Waals surface area contributed by atoms with Gasteiger partial charge in [-0.2, -0.15) is 0 Å². The van der Waals surface area contributed by atoms with Crippen molar-refractivity contribution in [3.63, 3.8) is 0 Å². The minimum Gasteiger partial charge on any atom is -0.497 e. The molecule has 0 bridgehead atoms. The van der Waals surface area contributed by atoms with Crippen LogP contribution in [0.5, 0.6) is 11.5 Å². The molecule has 1 saturated heterocycles. The highest BCUT2D eigenvalue weighted by molar-refractivity contribution is 8.00. The monoisotopic (exact) mass is 405 g/mol. The third-order valence-electron chi connectivity index (χ3n) is 4.86. The minimum absolute atomic E-state index is 0.124. The number of rotatable bonds is 6. The third-order valence-corrected chi connectivity index (χ3v) is 5.91. The zero-order valence-electron chi connectivity index (χ0n) is 16.6. The number of thioether (sulfide) groups is 1. The fraction of sp³-hybridized carbons (Fsp3) is 0.526. The van der Waals surface area contributed by atoms with Crippen LogP contribution in [-0.2, 0) is 4.79 Å². The number of aromatic nitrogens is 3. The SMILES string of the molecule is COc1ccc(-c2nnc(S[C@H](C)C(=O)N3CCCCCC3)n2N)c(OC)c1. The van der Waals surface area contributed by atoms with Crippen LogP contribution in [0.4, 0.5) is 0 Å². The van der Waals surface area contributed by atoms with E-state index in [2.05, 4.69) is 10.2 Å². The van der Waals surface area contributed by atoms with Crippen LogP contribution in [-0.4, -0.2) is 58.2 Å². The lowest BCUT2D eigenvalue weighted by molar-refractivity contribution is -0.130. The Morgan fingerprint density at radius 3 is 2.50 bits per heavy atom. The summed E-state index contributed by atoms with van der Waals surface area (Å²) in [5.41, 5.74) is 0.705. The van der Waals surface area contributed by atoms with Gasteiger partial charge in [0, 0.05) is 19.2 Å². The molecule has 1 aromatic heterocycles. The summed E-state index contributed by atoms with van der Waals surface area (Å²) < 4.78 is 12.1. The summed E-state index contributed by atoms with van der Waals surface area (Å²) in [5, 5.41) is 8.61. The van der Waals surface area contributed by atoms with Crippen LogP contribution in [0.1, 0.15) is 32.6 Å². The number of ether oxygens (including phenoxy) is 2. The average molecular weight is 406 g/mol. The van der Waals surface area contributed by atoms with Crippen molar-refractivity contribution >= 4 is 17.7 Å². The molecule has 2 aromatic rings. The molecule has 8 nitrogen and oxygen atoms in total. The number of nitrogens with zero attached hydrogens (tertiary/aromatic N) is 4. The molecule has 152 valence electrons. The van der Waals surface area contributed by atoms with Gasteiger partial charge in [-0.15, -0.1) is 10.2 Å². The molecule has 0 spiro atoms. The van der Waals surface area contributed by atoms with Crippen LogP contribution in [0.25, 0.3) is 11.4 Å². The van der Waals surface area contributed by atoms with Gasteiger partial charge in [0.15, 0.2) is 5.82 Å². The molecule has 1 amide bonds. The third kappa shape index (κ3) is 4.35. The highest BCUT2D eigenvalue weighted by atomic mass is 32.2. The van der Waals surface area contributed by atoms with Gasteiger partial charge < -0.3 is 20.2 Å². The van der Waals surface area contributed by atoms with Crippen LogP contribution < -0.4 is 15.3 Å². The van der Waals surface area contributed by atoms with Crippen molar-refractivity contribution in [2.24, 2.45) is 0 Å². The van der Waals surface area contributed by atoms with E-state index in [9.17, 15) is 4.79 Å². The summed E-state index contributed by atoms with van der Waals surface area (Å²) in [6.45, 7) is 3.54. The molecule has 3 rings (SSSR count). The molecule has 1 aliphatic heterocycles. The Labute approximate surface area is 169 Å². The number of likely N-dealkylation sites (tertiary alicyclic amines) is 1. The Morgan fingerprint density at radius 1 is 1.14 bits per heavy atom. The Bertz CT molecular complexity index is 818. The van der Waals surface area contributed by atoms with E-state index in [1.807, 2.05) is 24.0 Å². The van der Waals surface area contributed by atoms with Crippen molar-refractivity contribution in [1.29, 1.82) is 0 Å². The van der Waals surface area contributed by atoms with Crippen LogP contribution in [0, 0.1) is 0 Å². The number of carbonyl (C=O) groups is 1. The first-order chi connectivity index (χ1) is 13.5. The Morgan fingerprint density at radius 2 is 1.86 bits per heavy atom. The highest BCUT2D eigenvalue weighted by Crippen LogP contribution is 2.33. The lowest BCUT2D eigenvalue weighted by atomic mass is 10.2. The van der Waals surface area contributed by atoms with E-state index in [1.54, 1.807) is 20.3 Å². The summed E-state index contributed by atoms with van der Waals surface area (Å²) in [6, 6.07) is 5.40. The second-order valence-electron chi connectivity index (χ2n) is 6.74. The van der Waals surface area contributed by atoms with Crippen molar-refractivity contribution in [1.82, 2.24) is 19.8 Å². The molecule has 0 radical (unpaired) electrons. The van der Waals surface area contributed by atoms with Crippen molar-refractivity contribution < 1.29 is 14.3 Å². The van der Waals surface area contributed by atoms with Crippen LogP contribution in [0.3, 0.4) is 0 Å². The van der Waals surface area contributed by atoms with Gasteiger partial charge in [-0.3, -0.25) is 4.79 Å². The minimum atomic E-state index is -0.282. The van der Waals surface area contributed by atoms with Crippen molar-refractivity contribution in [3.05, 3.63) is 18.2 Å². The largest absolute Gasteiger partial charge is 0.497 e. The summed E-state index contributed by atoms with van der Waals surface area (Å²) in [4.78, 5) is 14.7. The van der Waals surface area contributed by atoms with Gasteiger partial charge >= 0.3 is 0 Å². The lowest BCUT2D eigenvalue weighted by Crippen LogP contribution is -2.37. The van der Waals surface area contributed by atoms with E-state index < -0.39 is 0 Å². The molecular weight excluding hydrogens is 378 g/mol. The molecule has 28 heavy (non-hydrogen) atoms. The second-order valence-corrected chi connectivity index (χ2v) is 8.05. The maximum Gasteiger partial charge on any atom is 0.235 e. The second kappa shape index (κ2) is 9.18. The zero-order chi connectivity index (χ0) is 20.1. The number of benzene rings is 1. The smallest absolute Gasteiger partial charge is 0.235 e. The zero-order valence-corrected chi connectivity index (χ0v) is 17.4. The molecule has 1 aliphatic rings. The fourth-order valence-corrected chi connectivity index (χ4v) is 4.14. The first kappa shape index (κ1) is 20.3. The Hall–Kier alpha value is -2.42. The molecule has 1 aromatic carbocycles. The predicted molar refractivity (Wildman–Crippen MR) is 109 cm³/mol. The Balaban J connectivity index is 1.77. The molecule has 0 unspecified atom stereocenters. The number of hydrogen-bond donors (Lipinski definition) is 1. The van der Waals surface area contributed by atoms with Gasteiger partial charge in [0.1, 0.15) is 11.5 Å². The molecule has 1 atom stereocenters. The summed E-state index contributed by atoms with van der Waals surface area (Å²) in [5.74, 6) is 8.10. The lowest BCUT2D eigenvalue weighted by Gasteiger charge is -2.23. The molecule has 9 heteroatoms. The van der Waals surface area contributed by atoms with Gasteiger partial charge in [-0.05, 0) is 31.9 Å². The molecule has 1 fully saturated rings. The van der Waals surface area contributed by atoms with Crippen molar-refractivity contribution in [3.8, 4) is 22.9 Å². The molecule has 2 N–H and O–H groups in total. The quantitative estimate of drug-likeness (QED) is 0.583. The predicted octanol–water partition coefficient (Wildman–Crippen LogP) is 2.56. The average Bonchev–Trinajstić information content (AvgIpc) is 2.91. The standard InChI is InChI=1S/C19H27N5O3S/c1-13(18(25)23-10-6-4-5-7-11-23)28-19-22-21-17(24(19)20)15-9-8-14(26-2)12-16(15)27-3/h8-9,12-13H,4-7,10-11,20H2,1-3H3/t13-/m1/s1. The summed E-state index contributed by atoms with van der Waals surface area (Å²) in [7, 11) is 3.17. The van der Waals surface area contributed by atoms with E-state index in [-0.39, 0.29) is 11.2 Å². The molecular formula is C19H27N5O3S. The Kier molecular flexibility index (Phi) is 6.66. The van der Waals surface area contributed by atoms with E-state index in [0.717, 1.165) is 25.9 Å². The molecule has 2 heterocycles. The van der Waals surface area contributed by atoms with Gasteiger partial charge in [-0.1, -0.05) is 24.6 Å². The highest BCUT2D eigenvalue weighted by Gasteiger charge is 2.25. The number of carbonyl (C=O) groups excluding carboxylic acids is 1. The first-order valence-electron chi connectivity index (χ1n) is 9.43. The maximum atomic E-state index is 12.8. The maximum absolute atomic E-state index is 12.8. The van der Waals surface area contributed by atoms with Gasteiger partial charge in [0.05, 0.1) is 25.0 Å². The number of nitrogen functional groups attached to an aromatic ring is 1. The summed E-state index contributed by atoms with van der Waals surface area (Å²) >= 11 is 1.32.